The van der Waals surface area contributed by atoms with E-state index in [9.17, 15) is 14.9 Å². The lowest BCUT2D eigenvalue weighted by Gasteiger charge is -2.08. The maximum Gasteiger partial charge on any atom is 0.335 e. The molecule has 0 amide bonds. The summed E-state index contributed by atoms with van der Waals surface area (Å²) in [5, 5.41) is 20.1. The molecule has 108 valence electrons. The van der Waals surface area contributed by atoms with Crippen LogP contribution in [-0.4, -0.2) is 16.0 Å². The summed E-state index contributed by atoms with van der Waals surface area (Å²) in [6.45, 7) is 3.42. The minimum atomic E-state index is -0.981. The molecule has 0 unspecified atom stereocenters. The van der Waals surface area contributed by atoms with Crippen molar-refractivity contribution in [3.63, 3.8) is 0 Å². The van der Waals surface area contributed by atoms with Gasteiger partial charge in [-0.2, -0.15) is 0 Å². The maximum atomic E-state index is 11.1. The smallest absolute Gasteiger partial charge is 0.335 e. The van der Waals surface area contributed by atoms with Gasteiger partial charge < -0.3 is 5.11 Å². The molecule has 5 nitrogen and oxygen atoms in total. The zero-order valence-corrected chi connectivity index (χ0v) is 12.3. The van der Waals surface area contributed by atoms with E-state index in [1.165, 1.54) is 17.8 Å². The first kappa shape index (κ1) is 15.1. The van der Waals surface area contributed by atoms with E-state index in [1.807, 2.05) is 6.07 Å². The SMILES string of the molecule is Cc1ccc(Sc2cccc([N+](=O)[O-])c2C)cc1C(=O)O. The molecule has 2 aromatic rings. The summed E-state index contributed by atoms with van der Waals surface area (Å²) in [5.41, 5.74) is 1.56. The number of nitro benzene ring substituents is 1. The summed E-state index contributed by atoms with van der Waals surface area (Å²) in [7, 11) is 0. The summed E-state index contributed by atoms with van der Waals surface area (Å²) in [4.78, 5) is 23.1. The zero-order chi connectivity index (χ0) is 15.6. The molecule has 1 N–H and O–H groups in total. The van der Waals surface area contributed by atoms with Crippen LogP contribution in [0.1, 0.15) is 21.5 Å². The van der Waals surface area contributed by atoms with Crippen molar-refractivity contribution in [1.82, 2.24) is 0 Å². The van der Waals surface area contributed by atoms with Gasteiger partial charge in [-0.05, 0) is 37.6 Å². The summed E-state index contributed by atoms with van der Waals surface area (Å²) in [6.07, 6.45) is 0. The molecule has 6 heteroatoms. The van der Waals surface area contributed by atoms with E-state index in [4.69, 9.17) is 5.11 Å². The minimum absolute atomic E-state index is 0.0607. The fourth-order valence-electron chi connectivity index (χ4n) is 1.93. The molecule has 0 aliphatic carbocycles. The monoisotopic (exact) mass is 303 g/mol. The number of nitrogens with zero attached hydrogens (tertiary/aromatic N) is 1. The number of rotatable bonds is 4. The number of benzene rings is 2. The van der Waals surface area contributed by atoms with Crippen LogP contribution in [0, 0.1) is 24.0 Å². The molecule has 0 heterocycles. The lowest BCUT2D eigenvalue weighted by Crippen LogP contribution is -1.99. The van der Waals surface area contributed by atoms with E-state index < -0.39 is 10.9 Å². The third-order valence-corrected chi connectivity index (χ3v) is 4.27. The molecule has 2 aromatic carbocycles. The van der Waals surface area contributed by atoms with Crippen LogP contribution in [0.2, 0.25) is 0 Å². The van der Waals surface area contributed by atoms with Crippen LogP contribution < -0.4 is 0 Å². The first-order chi connectivity index (χ1) is 9.90. The molecule has 0 fully saturated rings. The van der Waals surface area contributed by atoms with Gasteiger partial charge in [0.25, 0.3) is 5.69 Å². The Balaban J connectivity index is 2.39. The van der Waals surface area contributed by atoms with Crippen molar-refractivity contribution < 1.29 is 14.8 Å². The van der Waals surface area contributed by atoms with Gasteiger partial charge in [0.15, 0.2) is 0 Å². The highest BCUT2D eigenvalue weighted by Crippen LogP contribution is 2.34. The van der Waals surface area contributed by atoms with Crippen LogP contribution in [0.4, 0.5) is 5.69 Å². The molecule has 0 radical (unpaired) electrons. The second-order valence-corrected chi connectivity index (χ2v) is 5.66. The van der Waals surface area contributed by atoms with Gasteiger partial charge >= 0.3 is 5.97 Å². The second kappa shape index (κ2) is 5.97. The fourth-order valence-corrected chi connectivity index (χ4v) is 2.90. The highest BCUT2D eigenvalue weighted by molar-refractivity contribution is 7.99. The van der Waals surface area contributed by atoms with Crippen molar-refractivity contribution in [1.29, 1.82) is 0 Å². The third kappa shape index (κ3) is 3.22. The Hall–Kier alpha value is -2.34. The molecule has 0 aromatic heterocycles. The lowest BCUT2D eigenvalue weighted by atomic mass is 10.1. The topological polar surface area (TPSA) is 80.4 Å². The van der Waals surface area contributed by atoms with E-state index in [2.05, 4.69) is 0 Å². The van der Waals surface area contributed by atoms with Crippen molar-refractivity contribution in [3.8, 4) is 0 Å². The quantitative estimate of drug-likeness (QED) is 0.680. The molecule has 0 spiro atoms. The molecule has 21 heavy (non-hydrogen) atoms. The van der Waals surface area contributed by atoms with Crippen molar-refractivity contribution >= 4 is 23.4 Å². The Morgan fingerprint density at radius 1 is 1.24 bits per heavy atom. The molecule has 0 bridgehead atoms. The van der Waals surface area contributed by atoms with Gasteiger partial charge in [0.1, 0.15) is 0 Å². The van der Waals surface area contributed by atoms with E-state index in [-0.39, 0.29) is 11.3 Å². The van der Waals surface area contributed by atoms with Gasteiger partial charge in [-0.15, -0.1) is 0 Å². The Kier molecular flexibility index (Phi) is 4.28. The highest BCUT2D eigenvalue weighted by atomic mass is 32.2. The number of hydrogen-bond acceptors (Lipinski definition) is 4. The summed E-state index contributed by atoms with van der Waals surface area (Å²) in [5.74, 6) is -0.981. The average Bonchev–Trinajstić information content (AvgIpc) is 2.42. The second-order valence-electron chi connectivity index (χ2n) is 4.54. The fraction of sp³-hybridized carbons (Fsp3) is 0.133. The molecule has 0 aliphatic heterocycles. The first-order valence-electron chi connectivity index (χ1n) is 6.16. The predicted molar refractivity (Wildman–Crippen MR) is 80.1 cm³/mol. The lowest BCUT2D eigenvalue weighted by molar-refractivity contribution is -0.385. The Morgan fingerprint density at radius 3 is 2.57 bits per heavy atom. The highest BCUT2D eigenvalue weighted by Gasteiger charge is 2.15. The zero-order valence-electron chi connectivity index (χ0n) is 11.5. The Bertz CT molecular complexity index is 728. The van der Waals surface area contributed by atoms with Crippen LogP contribution in [-0.2, 0) is 0 Å². The molecule has 0 saturated carbocycles. The third-order valence-electron chi connectivity index (χ3n) is 3.12. The average molecular weight is 303 g/mol. The number of carboxylic acids is 1. The van der Waals surface area contributed by atoms with Gasteiger partial charge in [0, 0.05) is 21.4 Å². The molecule has 2 rings (SSSR count). The van der Waals surface area contributed by atoms with E-state index in [1.54, 1.807) is 38.1 Å². The number of hydrogen-bond donors (Lipinski definition) is 1. The largest absolute Gasteiger partial charge is 0.478 e. The van der Waals surface area contributed by atoms with Gasteiger partial charge in [-0.25, -0.2) is 4.79 Å². The number of carbonyl (C=O) groups is 1. The summed E-state index contributed by atoms with van der Waals surface area (Å²) >= 11 is 1.32. The summed E-state index contributed by atoms with van der Waals surface area (Å²) < 4.78 is 0. The van der Waals surface area contributed by atoms with E-state index in [0.29, 0.717) is 11.1 Å². The number of carboxylic acid groups (broad SMARTS) is 1. The first-order valence-corrected chi connectivity index (χ1v) is 6.97. The van der Waals surface area contributed by atoms with E-state index >= 15 is 0 Å². The number of aryl methyl sites for hydroxylation is 1. The molecule has 0 saturated heterocycles. The Morgan fingerprint density at radius 2 is 1.95 bits per heavy atom. The van der Waals surface area contributed by atoms with Gasteiger partial charge in [-0.3, -0.25) is 10.1 Å². The van der Waals surface area contributed by atoms with Gasteiger partial charge in [0.2, 0.25) is 0 Å². The predicted octanol–water partition coefficient (Wildman–Crippen LogP) is 4.06. The van der Waals surface area contributed by atoms with Crippen LogP contribution in [0.3, 0.4) is 0 Å². The van der Waals surface area contributed by atoms with Crippen molar-refractivity contribution in [2.24, 2.45) is 0 Å². The summed E-state index contributed by atoms with van der Waals surface area (Å²) in [6, 6.07) is 9.99. The number of nitro groups is 1. The van der Waals surface area contributed by atoms with Crippen LogP contribution >= 0.6 is 11.8 Å². The maximum absolute atomic E-state index is 11.1. The molecule has 0 atom stereocenters. The normalized spacial score (nSPS) is 10.4. The Labute approximate surface area is 125 Å². The van der Waals surface area contributed by atoms with Crippen molar-refractivity contribution in [2.45, 2.75) is 23.6 Å². The van der Waals surface area contributed by atoms with Crippen molar-refractivity contribution in [3.05, 3.63) is 63.2 Å². The molecule has 0 aliphatic rings. The van der Waals surface area contributed by atoms with Crippen LogP contribution in [0.25, 0.3) is 0 Å². The van der Waals surface area contributed by atoms with Gasteiger partial charge in [0.05, 0.1) is 10.5 Å². The molecular weight excluding hydrogens is 290 g/mol. The van der Waals surface area contributed by atoms with Gasteiger partial charge in [-0.1, -0.05) is 23.9 Å². The molecular formula is C15H13NO4S. The standard InChI is InChI=1S/C15H13NO4S/c1-9-6-7-11(8-12(9)15(17)18)21-14-5-3-4-13(10(14)2)16(19)20/h3-8H,1-2H3,(H,17,18). The van der Waals surface area contributed by atoms with Crippen LogP contribution in [0.15, 0.2) is 46.2 Å². The number of aromatic carboxylic acids is 1. The van der Waals surface area contributed by atoms with E-state index in [0.717, 1.165) is 9.79 Å². The van der Waals surface area contributed by atoms with Crippen molar-refractivity contribution in [2.75, 3.05) is 0 Å². The minimum Gasteiger partial charge on any atom is -0.478 e. The van der Waals surface area contributed by atoms with Crippen LogP contribution in [0.5, 0.6) is 0 Å².